The van der Waals surface area contributed by atoms with E-state index in [1.54, 1.807) is 0 Å². The standard InChI is InChI=1S/C14H19FO3/c1-2-3-4-5-6-10-18-12-9-7-8-11(15)13(12)14(16)17/h7-9H,2-6,10H2,1H3,(H,16,17). The summed E-state index contributed by atoms with van der Waals surface area (Å²) >= 11 is 0. The Morgan fingerprint density at radius 2 is 2.00 bits per heavy atom. The molecule has 0 aliphatic rings. The van der Waals surface area contributed by atoms with Gasteiger partial charge in [0, 0.05) is 0 Å². The third kappa shape index (κ3) is 4.35. The smallest absolute Gasteiger partial charge is 0.342 e. The van der Waals surface area contributed by atoms with Crippen molar-refractivity contribution in [3.05, 3.63) is 29.6 Å². The molecule has 18 heavy (non-hydrogen) atoms. The Balaban J connectivity index is 2.47. The van der Waals surface area contributed by atoms with Gasteiger partial charge in [0.2, 0.25) is 0 Å². The van der Waals surface area contributed by atoms with E-state index in [0.29, 0.717) is 6.61 Å². The van der Waals surface area contributed by atoms with E-state index in [-0.39, 0.29) is 11.3 Å². The summed E-state index contributed by atoms with van der Waals surface area (Å²) in [6.45, 7) is 2.57. The summed E-state index contributed by atoms with van der Waals surface area (Å²) in [7, 11) is 0. The van der Waals surface area contributed by atoms with E-state index in [1.165, 1.54) is 25.0 Å². The summed E-state index contributed by atoms with van der Waals surface area (Å²) in [5.41, 5.74) is -0.383. The molecule has 0 aromatic heterocycles. The highest BCUT2D eigenvalue weighted by molar-refractivity contribution is 5.91. The molecular weight excluding hydrogens is 235 g/mol. The predicted molar refractivity (Wildman–Crippen MR) is 67.6 cm³/mol. The molecule has 1 rings (SSSR count). The topological polar surface area (TPSA) is 46.5 Å². The zero-order valence-corrected chi connectivity index (χ0v) is 10.6. The van der Waals surface area contributed by atoms with Crippen molar-refractivity contribution in [2.24, 2.45) is 0 Å². The van der Waals surface area contributed by atoms with E-state index in [0.717, 1.165) is 25.3 Å². The molecule has 3 nitrogen and oxygen atoms in total. The molecule has 0 unspecified atom stereocenters. The van der Waals surface area contributed by atoms with Crippen molar-refractivity contribution in [1.82, 2.24) is 0 Å². The second-order valence-electron chi connectivity index (χ2n) is 4.18. The van der Waals surface area contributed by atoms with Gasteiger partial charge in [0.1, 0.15) is 17.1 Å². The molecule has 0 spiro atoms. The van der Waals surface area contributed by atoms with E-state index in [4.69, 9.17) is 9.84 Å². The molecule has 4 heteroatoms. The highest BCUT2D eigenvalue weighted by Crippen LogP contribution is 2.21. The number of halogens is 1. The zero-order valence-electron chi connectivity index (χ0n) is 10.6. The maximum Gasteiger partial charge on any atom is 0.342 e. The zero-order chi connectivity index (χ0) is 13.4. The minimum absolute atomic E-state index is 0.109. The fraction of sp³-hybridized carbons (Fsp3) is 0.500. The van der Waals surface area contributed by atoms with Gasteiger partial charge in [0.05, 0.1) is 6.61 Å². The number of hydrogen-bond donors (Lipinski definition) is 1. The van der Waals surface area contributed by atoms with Crippen LogP contribution in [0.25, 0.3) is 0 Å². The van der Waals surface area contributed by atoms with E-state index in [2.05, 4.69) is 6.92 Å². The lowest BCUT2D eigenvalue weighted by atomic mass is 10.1. The normalized spacial score (nSPS) is 10.3. The lowest BCUT2D eigenvalue weighted by molar-refractivity contribution is 0.0686. The third-order valence-electron chi connectivity index (χ3n) is 2.69. The molecule has 0 atom stereocenters. The van der Waals surface area contributed by atoms with E-state index < -0.39 is 11.8 Å². The highest BCUT2D eigenvalue weighted by atomic mass is 19.1. The molecule has 0 aliphatic heterocycles. The van der Waals surface area contributed by atoms with Crippen molar-refractivity contribution >= 4 is 5.97 Å². The SMILES string of the molecule is CCCCCCCOc1cccc(F)c1C(=O)O. The minimum Gasteiger partial charge on any atom is -0.493 e. The fourth-order valence-electron chi connectivity index (χ4n) is 1.72. The second-order valence-corrected chi connectivity index (χ2v) is 4.18. The van der Waals surface area contributed by atoms with Crippen LogP contribution in [-0.2, 0) is 0 Å². The average Bonchev–Trinajstić information content (AvgIpc) is 2.33. The summed E-state index contributed by atoms with van der Waals surface area (Å²) in [6, 6.07) is 4.06. The fourth-order valence-corrected chi connectivity index (χ4v) is 1.72. The molecule has 0 bridgehead atoms. The molecule has 0 amide bonds. The first kappa shape index (κ1) is 14.5. The third-order valence-corrected chi connectivity index (χ3v) is 2.69. The molecule has 0 radical (unpaired) electrons. The van der Waals surface area contributed by atoms with Crippen molar-refractivity contribution in [2.45, 2.75) is 39.0 Å². The number of aromatic carboxylic acids is 1. The van der Waals surface area contributed by atoms with E-state index in [9.17, 15) is 9.18 Å². The van der Waals surface area contributed by atoms with Crippen molar-refractivity contribution in [2.75, 3.05) is 6.61 Å². The van der Waals surface area contributed by atoms with Crippen LogP contribution < -0.4 is 4.74 Å². The summed E-state index contributed by atoms with van der Waals surface area (Å²) in [4.78, 5) is 10.9. The van der Waals surface area contributed by atoms with Crippen LogP contribution in [0.5, 0.6) is 5.75 Å². The van der Waals surface area contributed by atoms with Crippen LogP contribution in [0.1, 0.15) is 49.4 Å². The lowest BCUT2D eigenvalue weighted by Crippen LogP contribution is -2.06. The van der Waals surface area contributed by atoms with Gasteiger partial charge in [-0.1, -0.05) is 38.7 Å². The van der Waals surface area contributed by atoms with Crippen LogP contribution >= 0.6 is 0 Å². The van der Waals surface area contributed by atoms with E-state index in [1.807, 2.05) is 0 Å². The van der Waals surface area contributed by atoms with Crippen molar-refractivity contribution in [3.63, 3.8) is 0 Å². The predicted octanol–water partition coefficient (Wildman–Crippen LogP) is 3.87. The number of carboxylic acids is 1. The maximum atomic E-state index is 13.3. The van der Waals surface area contributed by atoms with Gasteiger partial charge in [-0.05, 0) is 18.6 Å². The number of unbranched alkanes of at least 4 members (excludes halogenated alkanes) is 4. The minimum atomic E-state index is -1.30. The number of carboxylic acid groups (broad SMARTS) is 1. The lowest BCUT2D eigenvalue weighted by Gasteiger charge is -2.09. The average molecular weight is 254 g/mol. The summed E-state index contributed by atoms with van der Waals surface area (Å²) in [5.74, 6) is -1.95. The largest absolute Gasteiger partial charge is 0.493 e. The quantitative estimate of drug-likeness (QED) is 0.716. The Morgan fingerprint density at radius 3 is 2.67 bits per heavy atom. The molecule has 0 heterocycles. The van der Waals surface area contributed by atoms with Gasteiger partial charge < -0.3 is 9.84 Å². The van der Waals surface area contributed by atoms with Crippen LogP contribution in [0.4, 0.5) is 4.39 Å². The van der Waals surface area contributed by atoms with Crippen molar-refractivity contribution in [1.29, 1.82) is 0 Å². The molecule has 100 valence electrons. The first-order valence-corrected chi connectivity index (χ1v) is 6.31. The van der Waals surface area contributed by atoms with Gasteiger partial charge in [0.25, 0.3) is 0 Å². The number of rotatable bonds is 8. The van der Waals surface area contributed by atoms with Gasteiger partial charge in [-0.3, -0.25) is 0 Å². The molecular formula is C14H19FO3. The monoisotopic (exact) mass is 254 g/mol. The van der Waals surface area contributed by atoms with Gasteiger partial charge >= 0.3 is 5.97 Å². The number of ether oxygens (including phenoxy) is 1. The maximum absolute atomic E-state index is 13.3. The Labute approximate surface area is 107 Å². The molecule has 0 saturated carbocycles. The Hall–Kier alpha value is -1.58. The highest BCUT2D eigenvalue weighted by Gasteiger charge is 2.16. The molecule has 0 aliphatic carbocycles. The van der Waals surface area contributed by atoms with Crippen LogP contribution in [0.3, 0.4) is 0 Å². The van der Waals surface area contributed by atoms with Crippen LogP contribution in [0.2, 0.25) is 0 Å². The van der Waals surface area contributed by atoms with Gasteiger partial charge in [-0.2, -0.15) is 0 Å². The Bertz CT molecular complexity index is 391. The number of hydrogen-bond acceptors (Lipinski definition) is 2. The molecule has 0 saturated heterocycles. The van der Waals surface area contributed by atoms with Crippen LogP contribution in [0.15, 0.2) is 18.2 Å². The van der Waals surface area contributed by atoms with Gasteiger partial charge in [-0.25, -0.2) is 9.18 Å². The summed E-state index contributed by atoms with van der Waals surface area (Å²) < 4.78 is 18.7. The van der Waals surface area contributed by atoms with Gasteiger partial charge in [-0.15, -0.1) is 0 Å². The Kier molecular flexibility index (Phi) is 6.19. The van der Waals surface area contributed by atoms with E-state index >= 15 is 0 Å². The summed E-state index contributed by atoms with van der Waals surface area (Å²) in [5, 5.41) is 8.90. The summed E-state index contributed by atoms with van der Waals surface area (Å²) in [6.07, 6.45) is 5.42. The first-order chi connectivity index (χ1) is 8.66. The molecule has 1 aromatic rings. The van der Waals surface area contributed by atoms with Crippen LogP contribution in [-0.4, -0.2) is 17.7 Å². The number of benzene rings is 1. The second kappa shape index (κ2) is 7.69. The molecule has 0 fully saturated rings. The molecule has 1 aromatic carbocycles. The number of carbonyl (C=O) groups is 1. The molecule has 1 N–H and O–H groups in total. The van der Waals surface area contributed by atoms with Gasteiger partial charge in [0.15, 0.2) is 0 Å². The Morgan fingerprint density at radius 1 is 1.28 bits per heavy atom. The van der Waals surface area contributed by atoms with Crippen molar-refractivity contribution < 1.29 is 19.0 Å². The first-order valence-electron chi connectivity index (χ1n) is 6.31. The van der Waals surface area contributed by atoms with Crippen LogP contribution in [0, 0.1) is 5.82 Å². The van der Waals surface area contributed by atoms with Crippen molar-refractivity contribution in [3.8, 4) is 5.75 Å².